The van der Waals surface area contributed by atoms with Crippen LogP contribution in [0.15, 0.2) is 18.9 Å². The molecular weight excluding hydrogens is 370 g/mol. The maximum atomic E-state index is 11.1. The standard InChI is InChI=1S/C16H29N5O5Si/c1-7-8-18(11-12-26-27(5,6)16(2,3)4)9-10-19-13-14(20(22)23)17-15(19)21(24)25/h7,13H,1,8-12H2,2-6H3. The predicted octanol–water partition coefficient (Wildman–Crippen LogP) is 3.21. The van der Waals surface area contributed by atoms with Gasteiger partial charge >= 0.3 is 11.8 Å². The first-order valence-electron chi connectivity index (χ1n) is 8.72. The van der Waals surface area contributed by atoms with Gasteiger partial charge in [-0.1, -0.05) is 26.8 Å². The number of rotatable bonds is 11. The fraction of sp³-hybridized carbons (Fsp3) is 0.688. The molecule has 0 saturated heterocycles. The largest absolute Gasteiger partial charge is 0.439 e. The summed E-state index contributed by atoms with van der Waals surface area (Å²) >= 11 is 0. The van der Waals surface area contributed by atoms with Crippen LogP contribution in [0.3, 0.4) is 0 Å². The molecule has 0 bridgehead atoms. The number of nitrogens with zero attached hydrogens (tertiary/aromatic N) is 5. The van der Waals surface area contributed by atoms with Crippen molar-refractivity contribution in [2.24, 2.45) is 0 Å². The molecule has 0 aliphatic rings. The second kappa shape index (κ2) is 9.20. The van der Waals surface area contributed by atoms with Gasteiger partial charge in [0, 0.05) is 26.2 Å². The molecule has 0 amide bonds. The first-order chi connectivity index (χ1) is 12.4. The average Bonchev–Trinajstić information content (AvgIpc) is 2.96. The third kappa shape index (κ3) is 6.52. The Kier molecular flexibility index (Phi) is 7.81. The molecule has 27 heavy (non-hydrogen) atoms. The molecule has 0 fully saturated rings. The van der Waals surface area contributed by atoms with E-state index >= 15 is 0 Å². The third-order valence-corrected chi connectivity index (χ3v) is 9.35. The van der Waals surface area contributed by atoms with Crippen molar-refractivity contribution in [3.8, 4) is 0 Å². The quantitative estimate of drug-likeness (QED) is 0.243. The van der Waals surface area contributed by atoms with Gasteiger partial charge in [0.25, 0.3) is 0 Å². The smallest absolute Gasteiger partial charge is 0.416 e. The summed E-state index contributed by atoms with van der Waals surface area (Å²) in [6, 6.07) is 0. The molecule has 1 heterocycles. The molecule has 0 aromatic carbocycles. The fourth-order valence-corrected chi connectivity index (χ4v) is 3.20. The van der Waals surface area contributed by atoms with Crippen LogP contribution in [0.5, 0.6) is 0 Å². The van der Waals surface area contributed by atoms with Crippen LogP contribution in [-0.2, 0) is 11.0 Å². The van der Waals surface area contributed by atoms with Crippen LogP contribution in [0.4, 0.5) is 11.8 Å². The highest BCUT2D eigenvalue weighted by molar-refractivity contribution is 6.74. The van der Waals surface area contributed by atoms with Gasteiger partial charge in [-0.3, -0.25) is 4.90 Å². The van der Waals surface area contributed by atoms with E-state index < -0.39 is 29.9 Å². The number of aromatic nitrogens is 2. The van der Waals surface area contributed by atoms with Gasteiger partial charge < -0.3 is 24.7 Å². The van der Waals surface area contributed by atoms with Crippen LogP contribution in [0, 0.1) is 20.2 Å². The van der Waals surface area contributed by atoms with Gasteiger partial charge in [-0.15, -0.1) is 6.58 Å². The summed E-state index contributed by atoms with van der Waals surface area (Å²) in [4.78, 5) is 25.9. The molecule has 0 aliphatic carbocycles. The lowest BCUT2D eigenvalue weighted by atomic mass is 10.2. The lowest BCUT2D eigenvalue weighted by molar-refractivity contribution is -0.403. The van der Waals surface area contributed by atoms with E-state index in [-0.39, 0.29) is 11.6 Å². The highest BCUT2D eigenvalue weighted by atomic mass is 28.4. The highest BCUT2D eigenvalue weighted by Crippen LogP contribution is 2.36. The first-order valence-corrected chi connectivity index (χ1v) is 11.6. The molecular formula is C16H29N5O5Si. The zero-order valence-electron chi connectivity index (χ0n) is 16.7. The van der Waals surface area contributed by atoms with Gasteiger partial charge in [-0.05, 0) is 33.0 Å². The molecule has 0 radical (unpaired) electrons. The van der Waals surface area contributed by atoms with E-state index in [9.17, 15) is 20.2 Å². The molecule has 0 spiro atoms. The minimum Gasteiger partial charge on any atom is -0.416 e. The second-order valence-electron chi connectivity index (χ2n) is 7.80. The van der Waals surface area contributed by atoms with Crippen LogP contribution in [0.2, 0.25) is 18.1 Å². The molecule has 0 N–H and O–H groups in total. The highest BCUT2D eigenvalue weighted by Gasteiger charge is 2.37. The summed E-state index contributed by atoms with van der Waals surface area (Å²) in [5.41, 5.74) is 0. The second-order valence-corrected chi connectivity index (χ2v) is 12.6. The molecule has 152 valence electrons. The van der Waals surface area contributed by atoms with Crippen molar-refractivity contribution in [3.05, 3.63) is 39.1 Å². The van der Waals surface area contributed by atoms with Crippen molar-refractivity contribution in [2.75, 3.05) is 26.2 Å². The normalized spacial score (nSPS) is 12.4. The molecule has 10 nitrogen and oxygen atoms in total. The summed E-state index contributed by atoms with van der Waals surface area (Å²) < 4.78 is 7.36. The van der Waals surface area contributed by atoms with E-state index in [1.54, 1.807) is 6.08 Å². The van der Waals surface area contributed by atoms with E-state index in [0.29, 0.717) is 26.2 Å². The Morgan fingerprint density at radius 1 is 1.30 bits per heavy atom. The summed E-state index contributed by atoms with van der Waals surface area (Å²) in [6.07, 6.45) is 2.84. The average molecular weight is 400 g/mol. The Hall–Kier alpha value is -2.11. The zero-order chi connectivity index (χ0) is 20.8. The number of nitro groups is 2. The van der Waals surface area contributed by atoms with Crippen LogP contribution in [0.25, 0.3) is 0 Å². The van der Waals surface area contributed by atoms with Gasteiger partial charge in [-0.2, -0.15) is 0 Å². The molecule has 0 unspecified atom stereocenters. The minimum atomic E-state index is -1.85. The van der Waals surface area contributed by atoms with Crippen molar-refractivity contribution < 1.29 is 14.3 Å². The molecule has 1 aromatic rings. The molecule has 1 aromatic heterocycles. The monoisotopic (exact) mass is 399 g/mol. The van der Waals surface area contributed by atoms with Crippen molar-refractivity contribution >= 4 is 20.1 Å². The van der Waals surface area contributed by atoms with Gasteiger partial charge in [0.1, 0.15) is 0 Å². The van der Waals surface area contributed by atoms with Crippen LogP contribution >= 0.6 is 0 Å². The fourth-order valence-electron chi connectivity index (χ4n) is 2.16. The molecule has 0 saturated carbocycles. The summed E-state index contributed by atoms with van der Waals surface area (Å²) in [7, 11) is -1.85. The van der Waals surface area contributed by atoms with Crippen molar-refractivity contribution in [1.82, 2.24) is 14.5 Å². The van der Waals surface area contributed by atoms with Crippen LogP contribution < -0.4 is 0 Å². The molecule has 11 heteroatoms. The SMILES string of the molecule is C=CCN(CCO[Si](C)(C)C(C)(C)C)CCn1cc([N+](=O)[O-])nc1[N+](=O)[O-]. The Labute approximate surface area is 160 Å². The van der Waals surface area contributed by atoms with Crippen molar-refractivity contribution in [2.45, 2.75) is 45.4 Å². The lowest BCUT2D eigenvalue weighted by Gasteiger charge is -2.36. The maximum Gasteiger partial charge on any atom is 0.439 e. The Bertz CT molecular complexity index is 683. The van der Waals surface area contributed by atoms with Gasteiger partial charge in [0.2, 0.25) is 0 Å². The summed E-state index contributed by atoms with van der Waals surface area (Å²) in [5.74, 6) is -1.06. The van der Waals surface area contributed by atoms with Gasteiger partial charge in [0.05, 0.1) is 6.54 Å². The zero-order valence-corrected chi connectivity index (χ0v) is 17.7. The van der Waals surface area contributed by atoms with E-state index in [4.69, 9.17) is 4.43 Å². The summed E-state index contributed by atoms with van der Waals surface area (Å²) in [5, 5.41) is 22.0. The van der Waals surface area contributed by atoms with E-state index in [2.05, 4.69) is 45.4 Å². The predicted molar refractivity (Wildman–Crippen MR) is 105 cm³/mol. The van der Waals surface area contributed by atoms with E-state index in [1.807, 2.05) is 4.90 Å². The van der Waals surface area contributed by atoms with Crippen molar-refractivity contribution in [1.29, 1.82) is 0 Å². The molecule has 0 aliphatic heterocycles. The van der Waals surface area contributed by atoms with E-state index in [0.717, 1.165) is 6.20 Å². The molecule has 1 rings (SSSR count). The summed E-state index contributed by atoms with van der Waals surface area (Å²) in [6.45, 7) is 17.1. The Morgan fingerprint density at radius 2 is 1.93 bits per heavy atom. The lowest BCUT2D eigenvalue weighted by Crippen LogP contribution is -2.43. The van der Waals surface area contributed by atoms with Gasteiger partial charge in [0.15, 0.2) is 14.5 Å². The van der Waals surface area contributed by atoms with Crippen molar-refractivity contribution in [3.63, 3.8) is 0 Å². The number of hydrogen-bond donors (Lipinski definition) is 0. The Morgan fingerprint density at radius 3 is 2.41 bits per heavy atom. The van der Waals surface area contributed by atoms with Gasteiger partial charge in [-0.25, -0.2) is 4.57 Å². The first kappa shape index (κ1) is 22.9. The number of imidazole rings is 1. The topological polar surface area (TPSA) is 117 Å². The van der Waals surface area contributed by atoms with Crippen LogP contribution in [-0.4, -0.2) is 58.9 Å². The van der Waals surface area contributed by atoms with Crippen LogP contribution in [0.1, 0.15) is 20.8 Å². The minimum absolute atomic E-state index is 0.118. The number of hydrogen-bond acceptors (Lipinski definition) is 7. The Balaban J connectivity index is 2.72. The van der Waals surface area contributed by atoms with E-state index in [1.165, 1.54) is 4.57 Å². The maximum absolute atomic E-state index is 11.1. The molecule has 0 atom stereocenters. The third-order valence-electron chi connectivity index (χ3n) is 4.81.